The van der Waals surface area contributed by atoms with Crippen molar-refractivity contribution in [2.75, 3.05) is 11.1 Å². The highest BCUT2D eigenvalue weighted by Gasteiger charge is 2.12. The highest BCUT2D eigenvalue weighted by atomic mass is 32.2. The number of aromatic nitrogens is 2. The summed E-state index contributed by atoms with van der Waals surface area (Å²) in [6, 6.07) is 12.6. The Balaban J connectivity index is 1.56. The van der Waals surface area contributed by atoms with Crippen LogP contribution in [-0.2, 0) is 4.79 Å². The van der Waals surface area contributed by atoms with Crippen LogP contribution in [-0.4, -0.2) is 21.9 Å². The largest absolute Gasteiger partial charge is 0.410 e. The predicted molar refractivity (Wildman–Crippen MR) is 88.1 cm³/mol. The second kappa shape index (κ2) is 7.09. The number of hydrogen-bond donors (Lipinski definition) is 1. The first-order chi connectivity index (χ1) is 11.2. The molecule has 3 aromatic rings. The minimum atomic E-state index is -0.207. The third-order valence-electron chi connectivity index (χ3n) is 2.74. The number of anilines is 1. The van der Waals surface area contributed by atoms with E-state index in [9.17, 15) is 4.79 Å². The first-order valence-corrected chi connectivity index (χ1v) is 8.41. The van der Waals surface area contributed by atoms with Crippen LogP contribution >= 0.6 is 23.1 Å². The minimum Gasteiger partial charge on any atom is -0.410 e. The van der Waals surface area contributed by atoms with Crippen molar-refractivity contribution in [1.29, 1.82) is 5.26 Å². The lowest BCUT2D eigenvalue weighted by Gasteiger charge is -2.03. The van der Waals surface area contributed by atoms with E-state index < -0.39 is 0 Å². The number of carbonyl (C=O) groups excluding carboxylic acids is 1. The lowest BCUT2D eigenvalue weighted by molar-refractivity contribution is -0.113. The molecule has 0 saturated heterocycles. The smallest absolute Gasteiger partial charge is 0.277 e. The zero-order valence-electron chi connectivity index (χ0n) is 11.7. The third kappa shape index (κ3) is 3.97. The number of nitriles is 1. The molecule has 1 amide bonds. The highest BCUT2D eigenvalue weighted by molar-refractivity contribution is 7.99. The number of hydrogen-bond acceptors (Lipinski definition) is 7. The number of thioether (sulfide) groups is 1. The average Bonchev–Trinajstić information content (AvgIpc) is 3.24. The molecule has 1 aromatic carbocycles. The SMILES string of the molecule is N#Cc1cccc(NC(=O)CSc2nnc(-c3cccs3)o2)c1. The average molecular weight is 342 g/mol. The fourth-order valence-electron chi connectivity index (χ4n) is 1.76. The Kier molecular flexibility index (Phi) is 4.71. The second-order valence-corrected chi connectivity index (χ2v) is 6.25. The van der Waals surface area contributed by atoms with Crippen molar-refractivity contribution in [3.63, 3.8) is 0 Å². The molecular formula is C15H10N4O2S2. The van der Waals surface area contributed by atoms with Crippen LogP contribution in [0.1, 0.15) is 5.56 Å². The molecule has 0 saturated carbocycles. The Morgan fingerprint density at radius 2 is 2.26 bits per heavy atom. The van der Waals surface area contributed by atoms with Gasteiger partial charge in [0, 0.05) is 5.69 Å². The van der Waals surface area contributed by atoms with Crippen LogP contribution in [0.2, 0.25) is 0 Å². The molecule has 2 aromatic heterocycles. The molecule has 3 rings (SSSR count). The van der Waals surface area contributed by atoms with Gasteiger partial charge in [0.1, 0.15) is 0 Å². The van der Waals surface area contributed by atoms with Crippen molar-refractivity contribution in [1.82, 2.24) is 10.2 Å². The second-order valence-electron chi connectivity index (χ2n) is 4.38. The molecule has 0 bridgehead atoms. The molecule has 1 N–H and O–H groups in total. The van der Waals surface area contributed by atoms with E-state index in [0.717, 1.165) is 16.6 Å². The monoisotopic (exact) mass is 342 g/mol. The molecule has 0 aliphatic rings. The lowest BCUT2D eigenvalue weighted by atomic mass is 10.2. The topological polar surface area (TPSA) is 91.8 Å². The zero-order valence-corrected chi connectivity index (χ0v) is 13.4. The Labute approximate surface area is 140 Å². The molecule has 0 aliphatic carbocycles. The van der Waals surface area contributed by atoms with Gasteiger partial charge < -0.3 is 9.73 Å². The van der Waals surface area contributed by atoms with E-state index in [2.05, 4.69) is 15.5 Å². The summed E-state index contributed by atoms with van der Waals surface area (Å²) in [6.45, 7) is 0. The Morgan fingerprint density at radius 3 is 3.04 bits per heavy atom. The van der Waals surface area contributed by atoms with Crippen LogP contribution in [0.15, 0.2) is 51.4 Å². The molecule has 0 unspecified atom stereocenters. The van der Waals surface area contributed by atoms with Crippen molar-refractivity contribution < 1.29 is 9.21 Å². The van der Waals surface area contributed by atoms with E-state index in [1.54, 1.807) is 24.3 Å². The summed E-state index contributed by atoms with van der Waals surface area (Å²) in [6.07, 6.45) is 0. The predicted octanol–water partition coefficient (Wildman–Crippen LogP) is 3.40. The van der Waals surface area contributed by atoms with Gasteiger partial charge in [-0.15, -0.1) is 21.5 Å². The Bertz CT molecular complexity index is 852. The van der Waals surface area contributed by atoms with Crippen LogP contribution in [0.5, 0.6) is 0 Å². The quantitative estimate of drug-likeness (QED) is 0.715. The summed E-state index contributed by atoms with van der Waals surface area (Å²) in [7, 11) is 0. The Hall–Kier alpha value is -2.63. The van der Waals surface area contributed by atoms with Gasteiger partial charge in [0.2, 0.25) is 5.91 Å². The van der Waals surface area contributed by atoms with Crippen LogP contribution in [0.3, 0.4) is 0 Å². The molecule has 0 fully saturated rings. The molecular weight excluding hydrogens is 332 g/mol. The molecule has 23 heavy (non-hydrogen) atoms. The fourth-order valence-corrected chi connectivity index (χ4v) is 2.97. The van der Waals surface area contributed by atoms with Gasteiger partial charge in [-0.05, 0) is 29.6 Å². The highest BCUT2D eigenvalue weighted by Crippen LogP contribution is 2.26. The van der Waals surface area contributed by atoms with Crippen LogP contribution < -0.4 is 5.32 Å². The molecule has 0 aliphatic heterocycles. The van der Waals surface area contributed by atoms with Gasteiger partial charge >= 0.3 is 0 Å². The summed E-state index contributed by atoms with van der Waals surface area (Å²) in [5.74, 6) is 0.383. The normalized spacial score (nSPS) is 10.2. The molecule has 0 atom stereocenters. The molecule has 2 heterocycles. The van der Waals surface area contributed by atoms with Gasteiger partial charge in [-0.1, -0.05) is 23.9 Å². The lowest BCUT2D eigenvalue weighted by Crippen LogP contribution is -2.14. The van der Waals surface area contributed by atoms with Gasteiger partial charge in [0.05, 0.1) is 22.3 Å². The number of carbonyl (C=O) groups is 1. The van der Waals surface area contributed by atoms with E-state index in [-0.39, 0.29) is 11.7 Å². The number of benzene rings is 1. The summed E-state index contributed by atoms with van der Waals surface area (Å²) >= 11 is 2.67. The van der Waals surface area contributed by atoms with Gasteiger partial charge in [0.25, 0.3) is 11.1 Å². The van der Waals surface area contributed by atoms with Crippen molar-refractivity contribution in [3.05, 3.63) is 47.3 Å². The van der Waals surface area contributed by atoms with Crippen molar-refractivity contribution in [2.24, 2.45) is 0 Å². The van der Waals surface area contributed by atoms with E-state index in [4.69, 9.17) is 9.68 Å². The number of nitrogens with zero attached hydrogens (tertiary/aromatic N) is 3. The molecule has 0 spiro atoms. The maximum Gasteiger partial charge on any atom is 0.277 e. The van der Waals surface area contributed by atoms with Crippen LogP contribution in [0.25, 0.3) is 10.8 Å². The van der Waals surface area contributed by atoms with Crippen molar-refractivity contribution in [2.45, 2.75) is 5.22 Å². The maximum atomic E-state index is 11.9. The van der Waals surface area contributed by atoms with Crippen LogP contribution in [0.4, 0.5) is 5.69 Å². The van der Waals surface area contributed by atoms with Gasteiger partial charge in [0.15, 0.2) is 0 Å². The van der Waals surface area contributed by atoms with E-state index in [0.29, 0.717) is 22.4 Å². The number of rotatable bonds is 5. The molecule has 8 heteroatoms. The fraction of sp³-hybridized carbons (Fsp3) is 0.0667. The van der Waals surface area contributed by atoms with Gasteiger partial charge in [-0.25, -0.2) is 0 Å². The maximum absolute atomic E-state index is 11.9. The number of nitrogens with one attached hydrogen (secondary N) is 1. The number of thiophene rings is 1. The first-order valence-electron chi connectivity index (χ1n) is 6.55. The Morgan fingerprint density at radius 1 is 1.35 bits per heavy atom. The minimum absolute atomic E-state index is 0.142. The zero-order chi connectivity index (χ0) is 16.1. The summed E-state index contributed by atoms with van der Waals surface area (Å²) in [4.78, 5) is 12.8. The summed E-state index contributed by atoms with van der Waals surface area (Å²) in [5.41, 5.74) is 1.08. The van der Waals surface area contributed by atoms with Gasteiger partial charge in [-0.3, -0.25) is 4.79 Å². The summed E-state index contributed by atoms with van der Waals surface area (Å²) in [5, 5.41) is 21.7. The molecule has 0 radical (unpaired) electrons. The van der Waals surface area contributed by atoms with E-state index in [1.165, 1.54) is 11.3 Å². The number of amides is 1. The molecule has 6 nitrogen and oxygen atoms in total. The van der Waals surface area contributed by atoms with E-state index in [1.807, 2.05) is 23.6 Å². The molecule has 114 valence electrons. The first kappa shape index (κ1) is 15.3. The van der Waals surface area contributed by atoms with Gasteiger partial charge in [-0.2, -0.15) is 5.26 Å². The summed E-state index contributed by atoms with van der Waals surface area (Å²) < 4.78 is 5.49. The standard InChI is InChI=1S/C15H10N4O2S2/c16-8-10-3-1-4-11(7-10)17-13(20)9-23-15-19-18-14(21-15)12-5-2-6-22-12/h1-7H,9H2,(H,17,20). The van der Waals surface area contributed by atoms with Crippen molar-refractivity contribution in [3.8, 4) is 16.8 Å². The van der Waals surface area contributed by atoms with Crippen LogP contribution in [0, 0.1) is 11.3 Å². The van der Waals surface area contributed by atoms with E-state index >= 15 is 0 Å². The van der Waals surface area contributed by atoms with Crippen molar-refractivity contribution >= 4 is 34.7 Å². The third-order valence-corrected chi connectivity index (χ3v) is 4.42.